The summed E-state index contributed by atoms with van der Waals surface area (Å²) in [5, 5.41) is 3.63. The lowest BCUT2D eigenvalue weighted by atomic mass is 10.0. The van der Waals surface area contributed by atoms with E-state index in [1.54, 1.807) is 19.2 Å². The van der Waals surface area contributed by atoms with Crippen molar-refractivity contribution in [2.75, 3.05) is 12.4 Å². The molecule has 1 N–H and O–H groups in total. The Morgan fingerprint density at radius 3 is 2.29 bits per heavy atom. The maximum absolute atomic E-state index is 13.5. The van der Waals surface area contributed by atoms with Crippen LogP contribution in [0, 0.1) is 6.92 Å². The molecule has 31 heavy (non-hydrogen) atoms. The molecule has 0 fully saturated rings. The first kappa shape index (κ1) is 20.4. The van der Waals surface area contributed by atoms with Crippen molar-refractivity contribution in [3.8, 4) is 16.9 Å². The summed E-state index contributed by atoms with van der Waals surface area (Å²) in [7, 11) is 1.60. The Morgan fingerprint density at radius 1 is 0.968 bits per heavy atom. The van der Waals surface area contributed by atoms with Gasteiger partial charge >= 0.3 is 0 Å². The molecule has 1 aromatic heterocycles. The number of fused-ring (bicyclic) bond motifs is 1. The van der Waals surface area contributed by atoms with Crippen molar-refractivity contribution in [3.63, 3.8) is 0 Å². The number of pyridine rings is 1. The van der Waals surface area contributed by atoms with E-state index >= 15 is 0 Å². The number of ether oxygens (including phenoxy) is 1. The first-order valence-corrected chi connectivity index (χ1v) is 10.2. The number of benzene rings is 3. The molecule has 0 saturated carbocycles. The highest BCUT2D eigenvalue weighted by molar-refractivity contribution is 6.06. The fourth-order valence-electron chi connectivity index (χ4n) is 3.77. The van der Waals surface area contributed by atoms with E-state index in [0.29, 0.717) is 34.6 Å². The van der Waals surface area contributed by atoms with Crippen LogP contribution < -0.4 is 15.5 Å². The fourth-order valence-corrected chi connectivity index (χ4v) is 3.77. The smallest absolute Gasteiger partial charge is 0.256 e. The summed E-state index contributed by atoms with van der Waals surface area (Å²) < 4.78 is 7.23. The van der Waals surface area contributed by atoms with Crippen molar-refractivity contribution in [1.29, 1.82) is 0 Å². The summed E-state index contributed by atoms with van der Waals surface area (Å²) in [6.07, 6.45) is 0. The maximum Gasteiger partial charge on any atom is 0.256 e. The van der Waals surface area contributed by atoms with E-state index in [0.717, 1.165) is 16.6 Å². The SMILES string of the molecule is CCn1c(NC(=O)c2ccc(C)cc2)c(-c2ccc(OC)cc2)c(=O)c2ccccc21. The fraction of sp³-hybridized carbons (Fsp3) is 0.154. The van der Waals surface area contributed by atoms with Gasteiger partial charge in [0.05, 0.1) is 18.2 Å². The molecule has 1 amide bonds. The van der Waals surface area contributed by atoms with Gasteiger partial charge in [-0.1, -0.05) is 42.0 Å². The molecule has 0 unspecified atom stereocenters. The monoisotopic (exact) mass is 412 g/mol. The van der Waals surface area contributed by atoms with E-state index < -0.39 is 0 Å². The van der Waals surface area contributed by atoms with Crippen molar-refractivity contribution in [1.82, 2.24) is 4.57 Å². The first-order valence-electron chi connectivity index (χ1n) is 10.2. The van der Waals surface area contributed by atoms with Crippen LogP contribution in [-0.4, -0.2) is 17.6 Å². The molecule has 156 valence electrons. The molecule has 4 aromatic rings. The molecular formula is C26H24N2O3. The van der Waals surface area contributed by atoms with Crippen molar-refractivity contribution in [2.45, 2.75) is 20.4 Å². The molecule has 0 aliphatic heterocycles. The summed E-state index contributed by atoms with van der Waals surface area (Å²) >= 11 is 0. The minimum absolute atomic E-state index is 0.121. The number of anilines is 1. The van der Waals surface area contributed by atoms with E-state index in [2.05, 4.69) is 5.32 Å². The Labute approximate surface area is 180 Å². The number of aromatic nitrogens is 1. The average molecular weight is 412 g/mol. The number of carbonyl (C=O) groups is 1. The third-order valence-electron chi connectivity index (χ3n) is 5.41. The first-order chi connectivity index (χ1) is 15.0. The summed E-state index contributed by atoms with van der Waals surface area (Å²) in [4.78, 5) is 26.6. The number of hydrogen-bond donors (Lipinski definition) is 1. The lowest BCUT2D eigenvalue weighted by Crippen LogP contribution is -2.22. The quantitative estimate of drug-likeness (QED) is 0.487. The van der Waals surface area contributed by atoms with Gasteiger partial charge in [0, 0.05) is 17.5 Å². The van der Waals surface area contributed by atoms with E-state index in [9.17, 15) is 9.59 Å². The summed E-state index contributed by atoms with van der Waals surface area (Å²) in [5.74, 6) is 0.930. The van der Waals surface area contributed by atoms with Gasteiger partial charge in [-0.3, -0.25) is 9.59 Å². The topological polar surface area (TPSA) is 60.3 Å². The average Bonchev–Trinajstić information content (AvgIpc) is 2.80. The molecule has 0 bridgehead atoms. The van der Waals surface area contributed by atoms with Gasteiger partial charge in [-0.2, -0.15) is 0 Å². The Balaban J connectivity index is 1.95. The zero-order chi connectivity index (χ0) is 22.0. The van der Waals surface area contributed by atoms with E-state index in [1.807, 2.05) is 79.1 Å². The van der Waals surface area contributed by atoms with Gasteiger partial charge in [-0.15, -0.1) is 0 Å². The number of nitrogens with zero attached hydrogens (tertiary/aromatic N) is 1. The van der Waals surface area contributed by atoms with Crippen molar-refractivity contribution in [2.24, 2.45) is 0 Å². The second-order valence-corrected chi connectivity index (χ2v) is 7.36. The Hall–Kier alpha value is -3.86. The number of para-hydroxylation sites is 1. The molecule has 1 heterocycles. The van der Waals surface area contributed by atoms with Gasteiger partial charge in [-0.25, -0.2) is 0 Å². The van der Waals surface area contributed by atoms with Crippen LogP contribution in [0.15, 0.2) is 77.6 Å². The number of carbonyl (C=O) groups excluding carboxylic acids is 1. The molecule has 0 saturated heterocycles. The number of aryl methyl sites for hydroxylation is 2. The standard InChI is InChI=1S/C26H24N2O3/c1-4-28-22-8-6-5-7-21(22)24(29)23(18-13-15-20(31-3)16-14-18)25(28)27-26(30)19-11-9-17(2)10-12-19/h5-16H,4H2,1-3H3,(H,27,30). The second kappa shape index (κ2) is 8.48. The van der Waals surface area contributed by atoms with Gasteiger partial charge in [0.15, 0.2) is 5.43 Å². The van der Waals surface area contributed by atoms with Crippen LogP contribution in [0.4, 0.5) is 5.82 Å². The molecule has 5 nitrogen and oxygen atoms in total. The second-order valence-electron chi connectivity index (χ2n) is 7.36. The predicted molar refractivity (Wildman–Crippen MR) is 125 cm³/mol. The van der Waals surface area contributed by atoms with E-state index in [1.165, 1.54) is 0 Å². The van der Waals surface area contributed by atoms with Crippen LogP contribution in [-0.2, 0) is 6.54 Å². The number of rotatable bonds is 5. The predicted octanol–water partition coefficient (Wildman–Crippen LogP) is 5.26. The summed E-state index contributed by atoms with van der Waals surface area (Å²) in [5.41, 5.74) is 3.46. The van der Waals surface area contributed by atoms with Crippen LogP contribution in [0.25, 0.3) is 22.0 Å². The Kier molecular flexibility index (Phi) is 5.58. The molecule has 5 heteroatoms. The van der Waals surface area contributed by atoms with Crippen LogP contribution in [0.1, 0.15) is 22.8 Å². The number of amides is 1. The van der Waals surface area contributed by atoms with Crippen molar-refractivity contribution in [3.05, 3.63) is 94.1 Å². The zero-order valence-electron chi connectivity index (χ0n) is 17.8. The molecule has 3 aromatic carbocycles. The Bertz CT molecular complexity index is 1300. The molecule has 0 spiro atoms. The van der Waals surface area contributed by atoms with E-state index in [-0.39, 0.29) is 11.3 Å². The minimum Gasteiger partial charge on any atom is -0.497 e. The van der Waals surface area contributed by atoms with Crippen LogP contribution in [0.5, 0.6) is 5.75 Å². The highest BCUT2D eigenvalue weighted by Crippen LogP contribution is 2.30. The lowest BCUT2D eigenvalue weighted by Gasteiger charge is -2.20. The van der Waals surface area contributed by atoms with Gasteiger partial charge in [-0.05, 0) is 55.8 Å². The van der Waals surface area contributed by atoms with E-state index in [4.69, 9.17) is 4.74 Å². The maximum atomic E-state index is 13.5. The number of hydrogen-bond acceptors (Lipinski definition) is 3. The van der Waals surface area contributed by atoms with Gasteiger partial charge in [0.2, 0.25) is 0 Å². The number of nitrogens with one attached hydrogen (secondary N) is 1. The third kappa shape index (κ3) is 3.82. The highest BCUT2D eigenvalue weighted by Gasteiger charge is 2.20. The van der Waals surface area contributed by atoms with Gasteiger partial charge < -0.3 is 14.6 Å². The molecule has 0 radical (unpaired) electrons. The lowest BCUT2D eigenvalue weighted by molar-refractivity contribution is 0.102. The largest absolute Gasteiger partial charge is 0.497 e. The molecule has 0 aliphatic rings. The molecule has 0 aliphatic carbocycles. The van der Waals surface area contributed by atoms with Crippen LogP contribution in [0.3, 0.4) is 0 Å². The van der Waals surface area contributed by atoms with Gasteiger partial charge in [0.25, 0.3) is 5.91 Å². The molecule has 0 atom stereocenters. The Morgan fingerprint density at radius 2 is 1.65 bits per heavy atom. The zero-order valence-corrected chi connectivity index (χ0v) is 17.8. The number of methoxy groups -OCH3 is 1. The molecular weight excluding hydrogens is 388 g/mol. The van der Waals surface area contributed by atoms with Crippen LogP contribution in [0.2, 0.25) is 0 Å². The summed E-state index contributed by atoms with van der Waals surface area (Å²) in [6, 6.07) is 22.1. The van der Waals surface area contributed by atoms with Crippen molar-refractivity contribution >= 4 is 22.6 Å². The highest BCUT2D eigenvalue weighted by atomic mass is 16.5. The van der Waals surface area contributed by atoms with Crippen molar-refractivity contribution < 1.29 is 9.53 Å². The molecule has 4 rings (SSSR count). The summed E-state index contributed by atoms with van der Waals surface area (Å²) in [6.45, 7) is 4.56. The third-order valence-corrected chi connectivity index (χ3v) is 5.41. The minimum atomic E-state index is -0.258. The van der Waals surface area contributed by atoms with Crippen LogP contribution >= 0.6 is 0 Å². The van der Waals surface area contributed by atoms with Gasteiger partial charge in [0.1, 0.15) is 11.6 Å². The normalized spacial score (nSPS) is 10.8.